The summed E-state index contributed by atoms with van der Waals surface area (Å²) < 4.78 is 0. The molecule has 0 saturated heterocycles. The first-order valence-corrected chi connectivity index (χ1v) is 15.4. The van der Waals surface area contributed by atoms with Crippen LogP contribution in [0.1, 0.15) is 81.5 Å². The van der Waals surface area contributed by atoms with Crippen molar-refractivity contribution in [3.63, 3.8) is 0 Å². The van der Waals surface area contributed by atoms with Gasteiger partial charge in [-0.05, 0) is 66.7 Å². The molecule has 2 aromatic heterocycles. The molecule has 6 unspecified atom stereocenters. The van der Waals surface area contributed by atoms with Gasteiger partial charge in [0, 0.05) is 12.7 Å². The fourth-order valence-electron chi connectivity index (χ4n) is 7.79. The number of nitrogens with two attached hydrogens (primary N) is 1. The number of hydrogen-bond donors (Lipinski definition) is 2. The van der Waals surface area contributed by atoms with E-state index in [9.17, 15) is 0 Å². The molecule has 8 rings (SSSR count). The molecule has 0 radical (unpaired) electrons. The maximum Gasteiger partial charge on any atom is 3.00 e. The zero-order valence-electron chi connectivity index (χ0n) is 24.7. The van der Waals surface area contributed by atoms with Crippen LogP contribution in [0, 0.1) is 41.7 Å². The van der Waals surface area contributed by atoms with Crippen molar-refractivity contribution in [2.24, 2.45) is 29.4 Å². The smallest absolute Gasteiger partial charge is 0.388 e. The molecule has 3 N–H and O–H groups in total. The third kappa shape index (κ3) is 7.63. The zero-order valence-corrected chi connectivity index (χ0v) is 27.1. The monoisotopic (exact) mass is 749 g/mol. The van der Waals surface area contributed by atoms with Crippen LogP contribution in [-0.4, -0.2) is 25.8 Å². The molecule has 4 aliphatic carbocycles. The van der Waals surface area contributed by atoms with Crippen molar-refractivity contribution in [3.05, 3.63) is 96.8 Å². The third-order valence-corrected chi connectivity index (χ3v) is 9.64. The van der Waals surface area contributed by atoms with Crippen LogP contribution in [-0.2, 0) is 20.1 Å². The number of nitrogens with one attached hydrogen (secondary N) is 1. The predicted molar refractivity (Wildman–Crippen MR) is 167 cm³/mol. The molecule has 4 aliphatic rings. The van der Waals surface area contributed by atoms with Crippen molar-refractivity contribution in [1.29, 1.82) is 5.41 Å². The Morgan fingerprint density at radius 2 is 1.05 bits per heavy atom. The maximum atomic E-state index is 6.28. The number of fused-ring (bicyclic) bond motifs is 4. The molecule has 4 fully saturated rings. The fourth-order valence-corrected chi connectivity index (χ4v) is 7.79. The van der Waals surface area contributed by atoms with Gasteiger partial charge in [-0.3, -0.25) is 5.41 Å². The summed E-state index contributed by atoms with van der Waals surface area (Å²) in [6.45, 7) is 1.53. The van der Waals surface area contributed by atoms with E-state index in [1.165, 1.54) is 69.7 Å². The van der Waals surface area contributed by atoms with E-state index >= 15 is 0 Å². The van der Waals surface area contributed by atoms with Crippen LogP contribution >= 0.6 is 0 Å². The molecule has 0 spiro atoms. The van der Waals surface area contributed by atoms with E-state index in [1.54, 1.807) is 0 Å². The molecule has 6 atom stereocenters. The van der Waals surface area contributed by atoms with Gasteiger partial charge in [-0.1, -0.05) is 122 Å². The second-order valence-corrected chi connectivity index (χ2v) is 12.5. The van der Waals surface area contributed by atoms with Gasteiger partial charge < -0.3 is 25.7 Å². The van der Waals surface area contributed by atoms with E-state index in [0.29, 0.717) is 11.8 Å². The van der Waals surface area contributed by atoms with E-state index in [1.807, 2.05) is 12.1 Å². The van der Waals surface area contributed by atoms with Crippen molar-refractivity contribution in [3.8, 4) is 22.5 Å². The summed E-state index contributed by atoms with van der Waals surface area (Å²) in [5.74, 6) is 5.09. The Balaban J connectivity index is 0.000000150. The third-order valence-electron chi connectivity index (χ3n) is 9.64. The Kier molecular flexibility index (Phi) is 10.5. The standard InChI is InChI=1S/2C17H17N2.C2H6N2.Ir/c2*1-2-4-13(5-3-1)16-10-17(19-11-18-16)15-9-12-6-7-14(15)8-12;1-2(3)4;/h2*1-5,10,12,14-15H,6-9H2;1H3,(H3,3,4);/q2*-1;;+3. The van der Waals surface area contributed by atoms with Crippen molar-refractivity contribution in [2.75, 3.05) is 0 Å². The second kappa shape index (κ2) is 14.5. The van der Waals surface area contributed by atoms with Gasteiger partial charge in [0.15, 0.2) is 0 Å². The minimum Gasteiger partial charge on any atom is -0.388 e. The zero-order chi connectivity index (χ0) is 28.9. The number of amidine groups is 1. The molecule has 6 nitrogen and oxygen atoms in total. The van der Waals surface area contributed by atoms with Crippen LogP contribution in [0.15, 0.2) is 72.8 Å². The van der Waals surface area contributed by atoms with E-state index in [4.69, 9.17) is 11.1 Å². The molecule has 4 aromatic rings. The van der Waals surface area contributed by atoms with Gasteiger partial charge in [-0.2, -0.15) is 0 Å². The molecule has 7 heteroatoms. The van der Waals surface area contributed by atoms with Crippen LogP contribution in [0.3, 0.4) is 0 Å². The van der Waals surface area contributed by atoms with Crippen molar-refractivity contribution in [2.45, 2.75) is 70.1 Å². The molecule has 2 aromatic carbocycles. The summed E-state index contributed by atoms with van der Waals surface area (Å²) in [6.07, 6.45) is 16.8. The first-order chi connectivity index (χ1) is 20.5. The Labute approximate surface area is 269 Å². The molecule has 0 aliphatic heterocycles. The van der Waals surface area contributed by atoms with Gasteiger partial charge in [-0.15, -0.1) is 12.1 Å². The molecular weight excluding hydrogens is 709 g/mol. The fraction of sp³-hybridized carbons (Fsp3) is 0.417. The summed E-state index contributed by atoms with van der Waals surface area (Å²) in [7, 11) is 0. The topological polar surface area (TPSA) is 101 Å². The predicted octanol–water partition coefficient (Wildman–Crippen LogP) is 7.63. The molecule has 4 saturated carbocycles. The van der Waals surface area contributed by atoms with Gasteiger partial charge in [0.2, 0.25) is 0 Å². The summed E-state index contributed by atoms with van der Waals surface area (Å²) in [4.78, 5) is 17.5. The number of rotatable bonds is 4. The summed E-state index contributed by atoms with van der Waals surface area (Å²) in [5.41, 5.74) is 11.4. The minimum absolute atomic E-state index is 0. The van der Waals surface area contributed by atoms with E-state index in [2.05, 4.69) is 93.3 Å². The van der Waals surface area contributed by atoms with Crippen LogP contribution in [0.2, 0.25) is 0 Å². The number of hydrogen-bond acceptors (Lipinski definition) is 5. The largest absolute Gasteiger partial charge is 3.00 e. The first-order valence-electron chi connectivity index (χ1n) is 15.4. The van der Waals surface area contributed by atoms with E-state index in [-0.39, 0.29) is 25.9 Å². The average Bonchev–Trinajstić information content (AvgIpc) is 3.86. The van der Waals surface area contributed by atoms with Gasteiger partial charge in [0.05, 0.1) is 5.84 Å². The van der Waals surface area contributed by atoms with Gasteiger partial charge in [0.1, 0.15) is 0 Å². The summed E-state index contributed by atoms with van der Waals surface area (Å²) in [5, 5.41) is 6.28. The Hall–Kier alpha value is -3.28. The molecule has 4 bridgehead atoms. The normalized spacial score (nSPS) is 26.0. The van der Waals surface area contributed by atoms with Crippen LogP contribution in [0.25, 0.3) is 22.5 Å². The molecule has 2 heterocycles. The van der Waals surface area contributed by atoms with Crippen molar-refractivity contribution >= 4 is 5.84 Å². The Bertz CT molecular complexity index is 1370. The van der Waals surface area contributed by atoms with Crippen LogP contribution < -0.4 is 5.73 Å². The van der Waals surface area contributed by atoms with Crippen molar-refractivity contribution < 1.29 is 20.1 Å². The molecule has 0 amide bonds. The Morgan fingerprint density at radius 3 is 1.37 bits per heavy atom. The molecule has 222 valence electrons. The summed E-state index contributed by atoms with van der Waals surface area (Å²) >= 11 is 0. The molecule has 43 heavy (non-hydrogen) atoms. The average molecular weight is 749 g/mol. The Morgan fingerprint density at radius 1 is 0.651 bits per heavy atom. The summed E-state index contributed by atoms with van der Waals surface area (Å²) in [6, 6.07) is 25.0. The van der Waals surface area contributed by atoms with Crippen LogP contribution in [0.4, 0.5) is 0 Å². The molecular formula is C36H40IrN6+. The van der Waals surface area contributed by atoms with E-state index in [0.717, 1.165) is 46.2 Å². The van der Waals surface area contributed by atoms with Gasteiger partial charge in [0.25, 0.3) is 0 Å². The SMILES string of the molecule is CC(=N)N.[Ir+3].[c-]1nc(-c2ccccc2)cc(C2CC3CCC2C3)n1.[c-]1nc(-c2ccccc2)cc(C2CC3CCC2C3)n1. The number of aromatic nitrogens is 4. The van der Waals surface area contributed by atoms with Crippen LogP contribution in [0.5, 0.6) is 0 Å². The van der Waals surface area contributed by atoms with E-state index < -0.39 is 0 Å². The minimum atomic E-state index is 0. The number of benzene rings is 2. The van der Waals surface area contributed by atoms with Crippen molar-refractivity contribution in [1.82, 2.24) is 19.9 Å². The second-order valence-electron chi connectivity index (χ2n) is 12.5. The maximum absolute atomic E-state index is 6.28. The quantitative estimate of drug-likeness (QED) is 0.127. The first kappa shape index (κ1) is 31.2. The van der Waals surface area contributed by atoms with Gasteiger partial charge >= 0.3 is 20.1 Å². The van der Waals surface area contributed by atoms with Gasteiger partial charge in [-0.25, -0.2) is 0 Å². The number of nitrogens with zero attached hydrogens (tertiary/aromatic N) is 4.